The third kappa shape index (κ3) is 4.11. The Morgan fingerprint density at radius 1 is 1.03 bits per heavy atom. The number of pyridine rings is 1. The van der Waals surface area contributed by atoms with Gasteiger partial charge in [0.1, 0.15) is 5.75 Å². The number of rotatable bonds is 6. The highest BCUT2D eigenvalue weighted by Crippen LogP contribution is 2.37. The zero-order valence-electron chi connectivity index (χ0n) is 17.9. The summed E-state index contributed by atoms with van der Waals surface area (Å²) in [7, 11) is 0. The van der Waals surface area contributed by atoms with Crippen LogP contribution in [0.2, 0.25) is 0 Å². The van der Waals surface area contributed by atoms with E-state index in [0.29, 0.717) is 6.61 Å². The summed E-state index contributed by atoms with van der Waals surface area (Å²) in [5, 5.41) is 0. The minimum absolute atomic E-state index is 0.0561. The van der Waals surface area contributed by atoms with E-state index >= 15 is 0 Å². The van der Waals surface area contributed by atoms with Gasteiger partial charge >= 0.3 is 5.97 Å². The molecule has 2 aromatic heterocycles. The number of hydrogen-bond acceptors (Lipinski definition) is 4. The smallest absolute Gasteiger partial charge is 0.344 e. The number of esters is 1. The maximum absolute atomic E-state index is 11.7. The molecule has 0 amide bonds. The lowest BCUT2D eigenvalue weighted by atomic mass is 9.86. The Hall–Kier alpha value is -3.08. The lowest BCUT2D eigenvalue weighted by molar-refractivity contribution is -0.145. The van der Waals surface area contributed by atoms with Crippen molar-refractivity contribution in [2.75, 3.05) is 13.2 Å². The SMILES string of the molecule is CCOC(=O)COc1ccc(-c2cccc(-c3cc(C)[nH]c3C)n2)c2c1CCCC2. The van der Waals surface area contributed by atoms with E-state index in [0.717, 1.165) is 65.3 Å². The number of H-pyrrole nitrogens is 1. The summed E-state index contributed by atoms with van der Waals surface area (Å²) < 4.78 is 10.8. The van der Waals surface area contributed by atoms with Crippen LogP contribution in [0.3, 0.4) is 0 Å². The number of aromatic nitrogens is 2. The summed E-state index contributed by atoms with van der Waals surface area (Å²) in [6.45, 7) is 6.24. The number of ether oxygens (including phenoxy) is 2. The highest BCUT2D eigenvalue weighted by atomic mass is 16.6. The first kappa shape index (κ1) is 20.2. The highest BCUT2D eigenvalue weighted by Gasteiger charge is 2.20. The van der Waals surface area contributed by atoms with E-state index in [1.165, 1.54) is 11.1 Å². The second kappa shape index (κ2) is 8.74. The molecule has 1 aliphatic carbocycles. The Balaban J connectivity index is 1.69. The molecule has 1 aromatic carbocycles. The molecule has 4 rings (SSSR count). The zero-order valence-corrected chi connectivity index (χ0v) is 17.9. The lowest BCUT2D eigenvalue weighted by Gasteiger charge is -2.22. The van der Waals surface area contributed by atoms with Crippen LogP contribution >= 0.6 is 0 Å². The van der Waals surface area contributed by atoms with Gasteiger partial charge in [0, 0.05) is 22.5 Å². The van der Waals surface area contributed by atoms with Crippen molar-refractivity contribution in [1.82, 2.24) is 9.97 Å². The largest absolute Gasteiger partial charge is 0.482 e. The van der Waals surface area contributed by atoms with Crippen LogP contribution in [0.25, 0.3) is 22.5 Å². The van der Waals surface area contributed by atoms with Crippen molar-refractivity contribution in [1.29, 1.82) is 0 Å². The molecule has 5 nitrogen and oxygen atoms in total. The number of fused-ring (bicyclic) bond motifs is 1. The molecule has 156 valence electrons. The molecule has 2 heterocycles. The quantitative estimate of drug-likeness (QED) is 0.575. The first-order valence-corrected chi connectivity index (χ1v) is 10.6. The van der Waals surface area contributed by atoms with Gasteiger partial charge in [-0.2, -0.15) is 0 Å². The van der Waals surface area contributed by atoms with Crippen LogP contribution < -0.4 is 4.74 Å². The zero-order chi connectivity index (χ0) is 21.1. The molecule has 30 heavy (non-hydrogen) atoms. The van der Waals surface area contributed by atoms with Crippen LogP contribution in [-0.2, 0) is 22.4 Å². The van der Waals surface area contributed by atoms with Crippen molar-refractivity contribution in [3.63, 3.8) is 0 Å². The minimum atomic E-state index is -0.335. The minimum Gasteiger partial charge on any atom is -0.482 e. The van der Waals surface area contributed by atoms with E-state index in [1.54, 1.807) is 6.92 Å². The molecule has 3 aromatic rings. The first-order chi connectivity index (χ1) is 14.6. The van der Waals surface area contributed by atoms with Gasteiger partial charge in [-0.05, 0) is 87.9 Å². The summed E-state index contributed by atoms with van der Waals surface area (Å²) in [4.78, 5) is 20.1. The molecule has 0 radical (unpaired) electrons. The predicted octanol–water partition coefficient (Wildman–Crippen LogP) is 5.18. The summed E-state index contributed by atoms with van der Waals surface area (Å²) in [5.41, 5.74) is 8.98. The van der Waals surface area contributed by atoms with E-state index in [2.05, 4.69) is 49.2 Å². The highest BCUT2D eigenvalue weighted by molar-refractivity contribution is 5.73. The van der Waals surface area contributed by atoms with Gasteiger partial charge in [-0.1, -0.05) is 6.07 Å². The molecular weight excluding hydrogens is 376 g/mol. The molecule has 0 unspecified atom stereocenters. The number of nitrogens with one attached hydrogen (secondary N) is 1. The average Bonchev–Trinajstić information content (AvgIpc) is 3.10. The molecule has 0 fully saturated rings. The van der Waals surface area contributed by atoms with Crippen LogP contribution in [0.15, 0.2) is 36.4 Å². The van der Waals surface area contributed by atoms with Crippen LogP contribution in [0.1, 0.15) is 42.3 Å². The molecule has 0 aliphatic heterocycles. The Morgan fingerprint density at radius 2 is 1.77 bits per heavy atom. The summed E-state index contributed by atoms with van der Waals surface area (Å²) in [6.07, 6.45) is 4.23. The van der Waals surface area contributed by atoms with Crippen molar-refractivity contribution < 1.29 is 14.3 Å². The van der Waals surface area contributed by atoms with Gasteiger partial charge in [-0.25, -0.2) is 9.78 Å². The number of hydrogen-bond donors (Lipinski definition) is 1. The van der Waals surface area contributed by atoms with Gasteiger partial charge < -0.3 is 14.5 Å². The monoisotopic (exact) mass is 404 g/mol. The van der Waals surface area contributed by atoms with Crippen LogP contribution in [0.4, 0.5) is 0 Å². The number of nitrogens with zero attached hydrogens (tertiary/aromatic N) is 1. The molecule has 0 spiro atoms. The van der Waals surface area contributed by atoms with E-state index in [-0.39, 0.29) is 12.6 Å². The van der Waals surface area contributed by atoms with Gasteiger partial charge in [0.15, 0.2) is 6.61 Å². The predicted molar refractivity (Wildman–Crippen MR) is 118 cm³/mol. The van der Waals surface area contributed by atoms with Crippen molar-refractivity contribution in [2.45, 2.75) is 46.5 Å². The van der Waals surface area contributed by atoms with Gasteiger partial charge in [0.05, 0.1) is 18.0 Å². The van der Waals surface area contributed by atoms with Crippen molar-refractivity contribution >= 4 is 5.97 Å². The third-order valence-electron chi connectivity index (χ3n) is 5.59. The molecule has 0 saturated heterocycles. The van der Waals surface area contributed by atoms with Crippen LogP contribution in [0, 0.1) is 13.8 Å². The maximum atomic E-state index is 11.7. The second-order valence-electron chi connectivity index (χ2n) is 7.77. The van der Waals surface area contributed by atoms with Crippen molar-refractivity contribution in [3.8, 4) is 28.3 Å². The average molecular weight is 405 g/mol. The molecule has 1 N–H and O–H groups in total. The van der Waals surface area contributed by atoms with Gasteiger partial charge in [0.2, 0.25) is 0 Å². The molecule has 0 saturated carbocycles. The van der Waals surface area contributed by atoms with Crippen molar-refractivity contribution in [3.05, 3.63) is 58.9 Å². The van der Waals surface area contributed by atoms with E-state index in [4.69, 9.17) is 14.5 Å². The van der Waals surface area contributed by atoms with Crippen molar-refractivity contribution in [2.24, 2.45) is 0 Å². The van der Waals surface area contributed by atoms with E-state index in [9.17, 15) is 4.79 Å². The number of carbonyl (C=O) groups is 1. The molecule has 0 bridgehead atoms. The van der Waals surface area contributed by atoms with Gasteiger partial charge in [0.25, 0.3) is 0 Å². The Bertz CT molecular complexity index is 1070. The fourth-order valence-electron chi connectivity index (χ4n) is 4.27. The standard InChI is InChI=1S/C25H28N2O3/c1-4-29-25(28)15-30-24-13-12-19(18-8-5-6-9-20(18)24)22-10-7-11-23(27-22)21-14-16(2)26-17(21)3/h7,10-14,26H,4-6,8-9,15H2,1-3H3. The number of aromatic amines is 1. The summed E-state index contributed by atoms with van der Waals surface area (Å²) in [6, 6.07) is 12.4. The third-order valence-corrected chi connectivity index (χ3v) is 5.59. The van der Waals surface area contributed by atoms with Crippen LogP contribution in [0.5, 0.6) is 5.75 Å². The first-order valence-electron chi connectivity index (χ1n) is 10.6. The Kier molecular flexibility index (Phi) is 5.88. The number of benzene rings is 1. The van der Waals surface area contributed by atoms with E-state index in [1.807, 2.05) is 6.07 Å². The maximum Gasteiger partial charge on any atom is 0.344 e. The second-order valence-corrected chi connectivity index (χ2v) is 7.77. The summed E-state index contributed by atoms with van der Waals surface area (Å²) >= 11 is 0. The molecule has 1 aliphatic rings. The van der Waals surface area contributed by atoms with Gasteiger partial charge in [-0.3, -0.25) is 0 Å². The fraction of sp³-hybridized carbons (Fsp3) is 0.360. The lowest BCUT2D eigenvalue weighted by Crippen LogP contribution is -2.16. The normalized spacial score (nSPS) is 13.0. The number of aryl methyl sites for hydroxylation is 2. The molecule has 0 atom stereocenters. The van der Waals surface area contributed by atoms with Crippen LogP contribution in [-0.4, -0.2) is 29.2 Å². The fourth-order valence-corrected chi connectivity index (χ4v) is 4.27. The van der Waals surface area contributed by atoms with E-state index < -0.39 is 0 Å². The Labute approximate surface area is 177 Å². The van der Waals surface area contributed by atoms with Gasteiger partial charge in [-0.15, -0.1) is 0 Å². The number of carbonyl (C=O) groups excluding carboxylic acids is 1. The topological polar surface area (TPSA) is 64.2 Å². The molecular formula is C25H28N2O3. The Morgan fingerprint density at radius 3 is 2.47 bits per heavy atom. The molecule has 5 heteroatoms. The summed E-state index contributed by atoms with van der Waals surface area (Å²) in [5.74, 6) is 0.451.